The Balaban J connectivity index is 0.000000130. The highest BCUT2D eigenvalue weighted by atomic mass is 19.1. The number of carboxylic acid groups (broad SMARTS) is 3. The molecule has 0 amide bonds. The van der Waals surface area contributed by atoms with Gasteiger partial charge in [-0.25, -0.2) is 45.7 Å². The molecule has 0 unspecified atom stereocenters. The van der Waals surface area contributed by atoms with E-state index in [0.717, 1.165) is 123 Å². The number of aromatic carboxylic acids is 3. The maximum absolute atomic E-state index is 14.7. The van der Waals surface area contributed by atoms with Crippen LogP contribution in [0.1, 0.15) is 141 Å². The molecule has 7 heterocycles. The highest BCUT2D eigenvalue weighted by Crippen LogP contribution is 2.46. The summed E-state index contributed by atoms with van der Waals surface area (Å²) in [5.41, 5.74) is 16.9. The summed E-state index contributed by atoms with van der Waals surface area (Å²) in [5, 5.41) is 30.4. The first kappa shape index (κ1) is 63.3. The number of nitrogens with zero attached hydrogens (tertiary/aromatic N) is 7. The van der Waals surface area contributed by atoms with E-state index in [2.05, 4.69) is 81.1 Å². The Morgan fingerprint density at radius 1 is 0.396 bits per heavy atom. The van der Waals surface area contributed by atoms with Gasteiger partial charge < -0.3 is 29.0 Å². The highest BCUT2D eigenvalue weighted by molar-refractivity contribution is 6.07. The van der Waals surface area contributed by atoms with Gasteiger partial charge in [0.15, 0.2) is 0 Å². The summed E-state index contributed by atoms with van der Waals surface area (Å²) in [5.74, 6) is -7.94. The van der Waals surface area contributed by atoms with Crippen LogP contribution in [0.2, 0.25) is 0 Å². The largest absolute Gasteiger partial charge is 0.478 e. The van der Waals surface area contributed by atoms with Crippen LogP contribution >= 0.6 is 0 Å². The molecule has 12 aromatic rings. The number of halogens is 6. The number of hydrogen-bond donors (Lipinski definition) is 3. The van der Waals surface area contributed by atoms with Gasteiger partial charge in [-0.1, -0.05) is 53.7 Å². The first-order chi connectivity index (χ1) is 46.0. The molecule has 96 heavy (non-hydrogen) atoms. The minimum absolute atomic E-state index is 0.00594. The molecule has 0 radical (unpaired) electrons. The monoisotopic (exact) mass is 1290 g/mol. The van der Waals surface area contributed by atoms with E-state index in [4.69, 9.17) is 0 Å². The number of benzene rings is 8. The fraction of sp³-hybridized carbons (Fsp3) is 0.156. The number of fused-ring (bicyclic) bond motifs is 6. The molecule has 0 spiro atoms. The standard InChI is InChI=1S/C26H19F3N2O2.C26H20F2N2O2.C25H20FN3O2/c1-13(2)25-23(14-8-20(28)24(26(32)33)21(29)9-14)19-7-15-11-30-12-16(15)10-22(19)31(25)18-5-3-17(27)4-6-18;1-14(2)25-24(15-3-8-20(26(31)32)22(28)10-15)21-9-16-12-29-13-17(16)11-23(21)30(25)19-6-4-18(27)5-7-19;1-14(2)24-23(15-3-8-21(25(30)31)28-13-15)20-9-16-11-27-12-17(16)10-22(20)29(24)19-6-4-18(26)5-7-19/h3-10,12-13H,11H2,1-2H3,(H,32,33);3-11,13-14H,12H2,1-2H3,(H,31,32);3-10,12-14H,11H2,1-2H3,(H,30,31). The Bertz CT molecular complexity index is 5250. The molecule has 0 saturated carbocycles. The van der Waals surface area contributed by atoms with E-state index in [0.29, 0.717) is 36.4 Å². The van der Waals surface area contributed by atoms with Crippen LogP contribution in [0.15, 0.2) is 173 Å². The predicted molar refractivity (Wildman–Crippen MR) is 361 cm³/mol. The molecule has 3 aliphatic rings. The average Bonchev–Trinajstić information content (AvgIpc) is 1.60. The molecule has 0 saturated heterocycles. The highest BCUT2D eigenvalue weighted by Gasteiger charge is 2.30. The van der Waals surface area contributed by atoms with Crippen LogP contribution in [0.25, 0.3) is 83.2 Å². The lowest BCUT2D eigenvalue weighted by molar-refractivity contribution is 0.0676. The maximum atomic E-state index is 14.7. The van der Waals surface area contributed by atoms with Crippen LogP contribution in [0.3, 0.4) is 0 Å². The summed E-state index contributed by atoms with van der Waals surface area (Å²) in [6, 6.07) is 40.8. The zero-order valence-electron chi connectivity index (χ0n) is 52.6. The van der Waals surface area contributed by atoms with Crippen molar-refractivity contribution in [1.82, 2.24) is 18.7 Å². The number of rotatable bonds is 12. The van der Waals surface area contributed by atoms with Crippen LogP contribution < -0.4 is 0 Å². The number of aromatic nitrogens is 4. The lowest BCUT2D eigenvalue weighted by Crippen LogP contribution is -2.06. The summed E-state index contributed by atoms with van der Waals surface area (Å²) in [6.45, 7) is 14.0. The normalized spacial score (nSPS) is 12.7. The minimum Gasteiger partial charge on any atom is -0.478 e. The van der Waals surface area contributed by atoms with Gasteiger partial charge in [0.05, 0.1) is 41.7 Å². The molecule has 3 N–H and O–H groups in total. The third-order valence-electron chi connectivity index (χ3n) is 17.5. The predicted octanol–water partition coefficient (Wildman–Crippen LogP) is 18.4. The average molecular weight is 1290 g/mol. The quantitative estimate of drug-likeness (QED) is 0.102. The molecule has 480 valence electrons. The third kappa shape index (κ3) is 11.4. The van der Waals surface area contributed by atoms with E-state index in [-0.39, 0.29) is 52.0 Å². The van der Waals surface area contributed by atoms with Crippen molar-refractivity contribution in [3.8, 4) is 50.4 Å². The zero-order valence-corrected chi connectivity index (χ0v) is 52.6. The van der Waals surface area contributed by atoms with Crippen LogP contribution in [-0.4, -0.2) is 70.6 Å². The number of carbonyl (C=O) groups is 3. The Hall–Kier alpha value is -11.5. The summed E-state index contributed by atoms with van der Waals surface area (Å²) in [4.78, 5) is 51.1. The molecule has 0 bridgehead atoms. The molecule has 3 aliphatic heterocycles. The van der Waals surface area contributed by atoms with E-state index in [1.165, 1.54) is 54.6 Å². The summed E-state index contributed by atoms with van der Waals surface area (Å²) >= 11 is 0. The van der Waals surface area contributed by atoms with Crippen LogP contribution in [-0.2, 0) is 19.6 Å². The van der Waals surface area contributed by atoms with E-state index in [9.17, 15) is 56.0 Å². The zero-order chi connectivity index (χ0) is 67.7. The number of pyridine rings is 1. The summed E-state index contributed by atoms with van der Waals surface area (Å²) in [6.07, 6.45) is 7.12. The van der Waals surface area contributed by atoms with Crippen LogP contribution in [0.4, 0.5) is 26.3 Å². The molecule has 19 heteroatoms. The van der Waals surface area contributed by atoms with Gasteiger partial charge in [-0.2, -0.15) is 0 Å². The van der Waals surface area contributed by atoms with Crippen molar-refractivity contribution in [1.29, 1.82) is 0 Å². The lowest BCUT2D eigenvalue weighted by atomic mass is 9.94. The smallest absolute Gasteiger partial charge is 0.354 e. The topological polar surface area (TPSA) is 177 Å². The van der Waals surface area contributed by atoms with Crippen LogP contribution in [0.5, 0.6) is 0 Å². The lowest BCUT2D eigenvalue weighted by Gasteiger charge is -2.16. The number of hydrogen-bond acceptors (Lipinski definition) is 7. The Labute approximate surface area is 546 Å². The van der Waals surface area contributed by atoms with Crippen LogP contribution in [0, 0.1) is 34.9 Å². The molecule has 0 aliphatic carbocycles. The molecule has 15 rings (SSSR count). The van der Waals surface area contributed by atoms with Gasteiger partial charge in [-0.05, 0) is 202 Å². The van der Waals surface area contributed by atoms with Crippen molar-refractivity contribution in [2.45, 2.75) is 78.9 Å². The van der Waals surface area contributed by atoms with Gasteiger partial charge >= 0.3 is 17.9 Å². The fourth-order valence-corrected chi connectivity index (χ4v) is 13.3. The molecule has 0 atom stereocenters. The first-order valence-electron chi connectivity index (χ1n) is 30.9. The second-order valence-electron chi connectivity index (χ2n) is 24.7. The second kappa shape index (κ2) is 25.1. The van der Waals surface area contributed by atoms with Crippen molar-refractivity contribution in [2.75, 3.05) is 0 Å². The fourth-order valence-electron chi connectivity index (χ4n) is 13.3. The van der Waals surface area contributed by atoms with E-state index >= 15 is 0 Å². The first-order valence-corrected chi connectivity index (χ1v) is 30.9. The summed E-state index contributed by atoms with van der Waals surface area (Å²) in [7, 11) is 0. The second-order valence-corrected chi connectivity index (χ2v) is 24.7. The molecule has 8 aromatic carbocycles. The van der Waals surface area contributed by atoms with Gasteiger partial charge in [0.2, 0.25) is 0 Å². The van der Waals surface area contributed by atoms with Crippen molar-refractivity contribution >= 4 is 69.3 Å². The van der Waals surface area contributed by atoms with E-state index in [1.54, 1.807) is 60.9 Å². The van der Waals surface area contributed by atoms with Gasteiger partial charge in [0.25, 0.3) is 0 Å². The van der Waals surface area contributed by atoms with Crippen molar-refractivity contribution in [2.24, 2.45) is 15.0 Å². The Kier molecular flexibility index (Phi) is 16.6. The summed E-state index contributed by atoms with van der Waals surface area (Å²) < 4.78 is 91.2. The van der Waals surface area contributed by atoms with Crippen molar-refractivity contribution in [3.63, 3.8) is 0 Å². The molecular formula is C77H59F6N7O6. The van der Waals surface area contributed by atoms with Gasteiger partial charge in [-0.3, -0.25) is 15.0 Å². The SMILES string of the molecule is CC(C)c1c(-c2cc(F)c(C(=O)O)c(F)c2)c2cc3c(cc2n1-c1ccc(F)cc1)C=NC3.CC(C)c1c(-c2ccc(C(=O)O)c(F)c2)c2cc3c(cc2n1-c1ccc(F)cc1)C=NC3.CC(C)c1c(-c2ccc(C(=O)O)nc2)c2cc3c(cc2n1-c1ccc(F)cc1)C=NC3. The molecule has 0 fully saturated rings. The van der Waals surface area contributed by atoms with Crippen molar-refractivity contribution < 1.29 is 56.0 Å². The Morgan fingerprint density at radius 3 is 1.07 bits per heavy atom. The number of carboxylic acids is 3. The van der Waals surface area contributed by atoms with E-state index in [1.807, 2.05) is 43.0 Å². The van der Waals surface area contributed by atoms with Gasteiger partial charge in [-0.15, -0.1) is 0 Å². The minimum atomic E-state index is -1.66. The van der Waals surface area contributed by atoms with E-state index < -0.39 is 40.9 Å². The van der Waals surface area contributed by atoms with Crippen molar-refractivity contribution in [3.05, 3.63) is 260 Å². The number of aliphatic imine (C=N–C) groups is 3. The Morgan fingerprint density at radius 2 is 0.750 bits per heavy atom. The van der Waals surface area contributed by atoms with Gasteiger partial charge in [0, 0.05) is 97.4 Å². The molecule has 13 nitrogen and oxygen atoms in total. The maximum Gasteiger partial charge on any atom is 0.354 e. The third-order valence-corrected chi connectivity index (χ3v) is 17.5. The molecular weight excluding hydrogens is 1230 g/mol. The molecule has 4 aromatic heterocycles. The van der Waals surface area contributed by atoms with Gasteiger partial charge in [0.1, 0.15) is 46.2 Å².